The number of carbonyl (C=O) groups excluding carboxylic acids is 1. The highest BCUT2D eigenvalue weighted by Crippen LogP contribution is 2.29. The number of rotatable bonds is 5. The molecule has 7 heteroatoms. The van der Waals surface area contributed by atoms with Crippen LogP contribution in [0, 0.1) is 5.92 Å². The van der Waals surface area contributed by atoms with Crippen LogP contribution in [-0.2, 0) is 17.5 Å². The van der Waals surface area contributed by atoms with Crippen molar-refractivity contribution >= 4 is 5.91 Å². The van der Waals surface area contributed by atoms with Crippen LogP contribution in [0.1, 0.15) is 50.6 Å². The zero-order valence-electron chi connectivity index (χ0n) is 14.2. The summed E-state index contributed by atoms with van der Waals surface area (Å²) in [6, 6.07) is 1.20. The van der Waals surface area contributed by atoms with Crippen LogP contribution in [0.2, 0.25) is 0 Å². The lowest BCUT2D eigenvalue weighted by Gasteiger charge is -2.33. The SMILES string of the molecule is O=C(C1CC=CCC1)N(CCn1ccc(C(F)(F)F)n1)C1CCCC1. The number of allylic oxidation sites excluding steroid dienone is 2. The van der Waals surface area contributed by atoms with Gasteiger partial charge >= 0.3 is 6.18 Å². The Morgan fingerprint density at radius 1 is 1.24 bits per heavy atom. The molecule has 4 nitrogen and oxygen atoms in total. The molecule has 2 aliphatic rings. The molecule has 0 aliphatic heterocycles. The van der Waals surface area contributed by atoms with Crippen molar-refractivity contribution < 1.29 is 18.0 Å². The average Bonchev–Trinajstić information content (AvgIpc) is 3.27. The van der Waals surface area contributed by atoms with Gasteiger partial charge in [0.25, 0.3) is 0 Å². The van der Waals surface area contributed by atoms with Crippen molar-refractivity contribution in [2.75, 3.05) is 6.54 Å². The van der Waals surface area contributed by atoms with E-state index in [2.05, 4.69) is 17.3 Å². The minimum atomic E-state index is -4.43. The number of carbonyl (C=O) groups is 1. The second kappa shape index (κ2) is 7.62. The molecule has 1 amide bonds. The molecule has 1 aromatic rings. The van der Waals surface area contributed by atoms with Gasteiger partial charge in [0.15, 0.2) is 5.69 Å². The average molecular weight is 355 g/mol. The van der Waals surface area contributed by atoms with Gasteiger partial charge in [-0.05, 0) is 38.2 Å². The van der Waals surface area contributed by atoms with Crippen molar-refractivity contribution in [2.24, 2.45) is 5.92 Å². The molecule has 1 unspecified atom stereocenters. The van der Waals surface area contributed by atoms with Gasteiger partial charge in [0.1, 0.15) is 0 Å². The minimum absolute atomic E-state index is 0.00829. The fourth-order valence-electron chi connectivity index (χ4n) is 3.79. The van der Waals surface area contributed by atoms with Crippen LogP contribution in [0.3, 0.4) is 0 Å². The molecule has 0 bridgehead atoms. The summed E-state index contributed by atoms with van der Waals surface area (Å²) in [6.07, 6.45) is 7.81. The summed E-state index contributed by atoms with van der Waals surface area (Å²) < 4.78 is 39.3. The largest absolute Gasteiger partial charge is 0.435 e. The summed E-state index contributed by atoms with van der Waals surface area (Å²) in [6.45, 7) is 0.712. The van der Waals surface area contributed by atoms with Crippen LogP contribution in [0.5, 0.6) is 0 Å². The normalized spacial score (nSPS) is 21.6. The molecular weight excluding hydrogens is 331 g/mol. The molecule has 0 N–H and O–H groups in total. The molecule has 1 heterocycles. The number of hydrogen-bond donors (Lipinski definition) is 0. The lowest BCUT2D eigenvalue weighted by atomic mass is 9.92. The molecule has 138 valence electrons. The van der Waals surface area contributed by atoms with Crippen molar-refractivity contribution in [1.82, 2.24) is 14.7 Å². The van der Waals surface area contributed by atoms with Gasteiger partial charge in [-0.25, -0.2) is 0 Å². The zero-order valence-corrected chi connectivity index (χ0v) is 14.2. The van der Waals surface area contributed by atoms with Crippen molar-refractivity contribution in [3.8, 4) is 0 Å². The van der Waals surface area contributed by atoms with Crippen molar-refractivity contribution in [2.45, 2.75) is 63.7 Å². The first-order valence-electron chi connectivity index (χ1n) is 9.01. The van der Waals surface area contributed by atoms with Gasteiger partial charge in [0.2, 0.25) is 5.91 Å². The van der Waals surface area contributed by atoms with Crippen molar-refractivity contribution in [3.63, 3.8) is 0 Å². The van der Waals surface area contributed by atoms with Gasteiger partial charge in [-0.3, -0.25) is 9.48 Å². The Balaban J connectivity index is 1.66. The van der Waals surface area contributed by atoms with E-state index in [1.54, 1.807) is 0 Å². The predicted octanol–water partition coefficient (Wildman–Crippen LogP) is 4.03. The number of halogens is 3. The summed E-state index contributed by atoms with van der Waals surface area (Å²) in [5.41, 5.74) is -0.885. The Morgan fingerprint density at radius 2 is 2.00 bits per heavy atom. The standard InChI is InChI=1S/C18H24F3N3O/c19-18(20,21)16-10-11-23(22-16)12-13-24(15-8-4-5-9-15)17(25)14-6-2-1-3-7-14/h1-2,10-11,14-15H,3-9,12-13H2. The maximum absolute atomic E-state index is 13.0. The third-order valence-electron chi connectivity index (χ3n) is 5.17. The quantitative estimate of drug-likeness (QED) is 0.748. The third-order valence-corrected chi connectivity index (χ3v) is 5.17. The molecule has 1 saturated carbocycles. The maximum Gasteiger partial charge on any atom is 0.435 e. The maximum atomic E-state index is 13.0. The highest BCUT2D eigenvalue weighted by atomic mass is 19.4. The molecule has 1 fully saturated rings. The Morgan fingerprint density at radius 3 is 2.60 bits per heavy atom. The molecule has 0 saturated heterocycles. The van der Waals surface area contributed by atoms with Gasteiger partial charge in [-0.2, -0.15) is 18.3 Å². The van der Waals surface area contributed by atoms with E-state index in [1.807, 2.05) is 4.90 Å². The Hall–Kier alpha value is -1.79. The molecule has 1 aromatic heterocycles. The lowest BCUT2D eigenvalue weighted by molar-refractivity contribution is -0.142. The van der Waals surface area contributed by atoms with E-state index in [0.29, 0.717) is 13.1 Å². The van der Waals surface area contributed by atoms with Crippen LogP contribution in [0.25, 0.3) is 0 Å². The molecule has 2 aliphatic carbocycles. The van der Waals surface area contributed by atoms with Gasteiger partial charge in [-0.15, -0.1) is 0 Å². The summed E-state index contributed by atoms with van der Waals surface area (Å²) in [5, 5.41) is 3.59. The van der Waals surface area contributed by atoms with E-state index in [4.69, 9.17) is 0 Å². The number of alkyl halides is 3. The molecule has 0 radical (unpaired) electrons. The van der Waals surface area contributed by atoms with Gasteiger partial charge in [-0.1, -0.05) is 25.0 Å². The molecular formula is C18H24F3N3O. The van der Waals surface area contributed by atoms with Crippen LogP contribution < -0.4 is 0 Å². The van der Waals surface area contributed by atoms with E-state index >= 15 is 0 Å². The van der Waals surface area contributed by atoms with E-state index in [-0.39, 0.29) is 17.9 Å². The Kier molecular flexibility index (Phi) is 5.49. The number of aromatic nitrogens is 2. The summed E-state index contributed by atoms with van der Waals surface area (Å²) in [7, 11) is 0. The first-order valence-corrected chi connectivity index (χ1v) is 9.01. The van der Waals surface area contributed by atoms with Crippen LogP contribution >= 0.6 is 0 Å². The van der Waals surface area contributed by atoms with Crippen molar-refractivity contribution in [3.05, 3.63) is 30.1 Å². The predicted molar refractivity (Wildman–Crippen MR) is 87.7 cm³/mol. The van der Waals surface area contributed by atoms with Gasteiger partial charge in [0.05, 0.1) is 6.54 Å². The highest BCUT2D eigenvalue weighted by molar-refractivity contribution is 5.79. The smallest absolute Gasteiger partial charge is 0.338 e. The molecule has 1 atom stereocenters. The summed E-state index contributed by atoms with van der Waals surface area (Å²) >= 11 is 0. The molecule has 0 aromatic carbocycles. The van der Waals surface area contributed by atoms with Crippen LogP contribution in [-0.4, -0.2) is 33.2 Å². The molecule has 3 rings (SSSR count). The fraction of sp³-hybridized carbons (Fsp3) is 0.667. The van der Waals surface area contributed by atoms with Crippen LogP contribution in [0.15, 0.2) is 24.4 Å². The first-order chi connectivity index (χ1) is 11.9. The monoisotopic (exact) mass is 355 g/mol. The third kappa shape index (κ3) is 4.44. The highest BCUT2D eigenvalue weighted by Gasteiger charge is 2.34. The van der Waals surface area contributed by atoms with Crippen LogP contribution in [0.4, 0.5) is 13.2 Å². The number of hydrogen-bond acceptors (Lipinski definition) is 2. The number of nitrogens with zero attached hydrogens (tertiary/aromatic N) is 3. The van der Waals surface area contributed by atoms with E-state index in [1.165, 1.54) is 10.9 Å². The Labute approximate surface area is 145 Å². The summed E-state index contributed by atoms with van der Waals surface area (Å²) in [4.78, 5) is 14.9. The first kappa shape index (κ1) is 18.0. The second-order valence-electron chi connectivity index (χ2n) is 6.91. The number of amides is 1. The van der Waals surface area contributed by atoms with Gasteiger partial charge in [0, 0.05) is 24.7 Å². The van der Waals surface area contributed by atoms with E-state index in [9.17, 15) is 18.0 Å². The topological polar surface area (TPSA) is 38.1 Å². The minimum Gasteiger partial charge on any atom is -0.338 e. The lowest BCUT2D eigenvalue weighted by Crippen LogP contribution is -2.44. The van der Waals surface area contributed by atoms with Gasteiger partial charge < -0.3 is 4.90 Å². The van der Waals surface area contributed by atoms with Crippen molar-refractivity contribution in [1.29, 1.82) is 0 Å². The molecule has 25 heavy (non-hydrogen) atoms. The zero-order chi connectivity index (χ0) is 17.9. The molecule has 0 spiro atoms. The fourth-order valence-corrected chi connectivity index (χ4v) is 3.79. The van der Waals surface area contributed by atoms with E-state index in [0.717, 1.165) is 51.0 Å². The second-order valence-corrected chi connectivity index (χ2v) is 6.91. The Bertz CT molecular complexity index is 617. The summed E-state index contributed by atoms with van der Waals surface area (Å²) in [5.74, 6) is 0.161. The van der Waals surface area contributed by atoms with E-state index < -0.39 is 11.9 Å².